The molecule has 15 heavy (non-hydrogen) atoms. The van der Waals surface area contributed by atoms with Gasteiger partial charge in [-0.25, -0.2) is 4.68 Å². The summed E-state index contributed by atoms with van der Waals surface area (Å²) in [6.07, 6.45) is 2.27. The number of rotatable bonds is 5. The Kier molecular flexibility index (Phi) is 4.20. The molecule has 0 radical (unpaired) electrons. The molecule has 0 bridgehead atoms. The van der Waals surface area contributed by atoms with Crippen molar-refractivity contribution in [3.8, 4) is 0 Å². The van der Waals surface area contributed by atoms with Gasteiger partial charge in [-0.15, -0.1) is 5.10 Å². The van der Waals surface area contributed by atoms with Gasteiger partial charge in [0.05, 0.1) is 12.1 Å². The van der Waals surface area contributed by atoms with E-state index in [1.807, 2.05) is 11.6 Å². The number of nitrogens with two attached hydrogens (primary N) is 1. The molecule has 0 spiro atoms. The Balaban J connectivity index is 2.64. The van der Waals surface area contributed by atoms with Crippen LogP contribution >= 0.6 is 0 Å². The molecule has 1 aromatic heterocycles. The van der Waals surface area contributed by atoms with E-state index in [0.717, 1.165) is 12.2 Å². The first kappa shape index (κ1) is 12.1. The smallest absolute Gasteiger partial charge is 0.167 e. The fraction of sp³-hybridized carbons (Fsp3) is 0.900. The second kappa shape index (κ2) is 5.21. The third kappa shape index (κ3) is 3.27. The third-order valence-corrected chi connectivity index (χ3v) is 2.50. The molecule has 0 amide bonds. The first-order valence-electron chi connectivity index (χ1n) is 5.55. The number of hydrogen-bond acceptors (Lipinski definition) is 4. The summed E-state index contributed by atoms with van der Waals surface area (Å²) in [5.74, 6) is 1.48. The van der Waals surface area contributed by atoms with Crippen LogP contribution in [0.1, 0.15) is 58.4 Å². The van der Waals surface area contributed by atoms with Crippen molar-refractivity contribution < 1.29 is 0 Å². The molecule has 0 fully saturated rings. The highest BCUT2D eigenvalue weighted by Crippen LogP contribution is 2.18. The van der Waals surface area contributed by atoms with Gasteiger partial charge in [0.25, 0.3) is 0 Å². The van der Waals surface area contributed by atoms with Crippen molar-refractivity contribution >= 4 is 0 Å². The van der Waals surface area contributed by atoms with Crippen molar-refractivity contribution in [2.75, 3.05) is 0 Å². The monoisotopic (exact) mass is 211 g/mol. The molecule has 2 atom stereocenters. The van der Waals surface area contributed by atoms with Crippen LogP contribution in [0.5, 0.6) is 0 Å². The van der Waals surface area contributed by atoms with Crippen LogP contribution in [0.15, 0.2) is 0 Å². The summed E-state index contributed by atoms with van der Waals surface area (Å²) in [5, 5.41) is 11.6. The molecule has 1 rings (SSSR count). The molecule has 1 aromatic rings. The largest absolute Gasteiger partial charge is 0.322 e. The minimum Gasteiger partial charge on any atom is -0.322 e. The van der Waals surface area contributed by atoms with E-state index < -0.39 is 0 Å². The minimum absolute atomic E-state index is 0.110. The Morgan fingerprint density at radius 3 is 2.40 bits per heavy atom. The van der Waals surface area contributed by atoms with E-state index in [2.05, 4.69) is 36.3 Å². The standard InChI is InChI=1S/C10H21N5/c1-7(2)5-6-8(3)15-10(9(4)11)12-13-14-15/h7-9H,5-6,11H2,1-4H3. The molecule has 0 aromatic carbocycles. The van der Waals surface area contributed by atoms with Gasteiger partial charge < -0.3 is 5.73 Å². The van der Waals surface area contributed by atoms with Gasteiger partial charge in [0.2, 0.25) is 0 Å². The van der Waals surface area contributed by atoms with Crippen molar-refractivity contribution in [1.82, 2.24) is 20.2 Å². The lowest BCUT2D eigenvalue weighted by Gasteiger charge is -2.15. The van der Waals surface area contributed by atoms with E-state index in [9.17, 15) is 0 Å². The molecular weight excluding hydrogens is 190 g/mol. The van der Waals surface area contributed by atoms with Gasteiger partial charge in [0, 0.05) is 0 Å². The molecule has 1 heterocycles. The summed E-state index contributed by atoms with van der Waals surface area (Å²) >= 11 is 0. The van der Waals surface area contributed by atoms with E-state index in [1.54, 1.807) is 0 Å². The predicted octanol–water partition coefficient (Wildman–Crippen LogP) is 1.69. The topological polar surface area (TPSA) is 69.6 Å². The molecule has 5 heteroatoms. The normalized spacial score (nSPS) is 15.6. The number of aromatic nitrogens is 4. The highest BCUT2D eigenvalue weighted by atomic mass is 15.6. The average Bonchev–Trinajstić information content (AvgIpc) is 2.62. The van der Waals surface area contributed by atoms with Crippen LogP contribution in [0.3, 0.4) is 0 Å². The second-order valence-electron chi connectivity index (χ2n) is 4.59. The van der Waals surface area contributed by atoms with Crippen molar-refractivity contribution in [3.63, 3.8) is 0 Å². The molecular formula is C10H21N5. The van der Waals surface area contributed by atoms with Crippen molar-refractivity contribution in [2.45, 2.75) is 52.6 Å². The zero-order valence-corrected chi connectivity index (χ0v) is 10.0. The quantitative estimate of drug-likeness (QED) is 0.804. The van der Waals surface area contributed by atoms with Crippen LogP contribution < -0.4 is 5.73 Å². The Morgan fingerprint density at radius 2 is 1.87 bits per heavy atom. The van der Waals surface area contributed by atoms with Crippen LogP contribution in [0, 0.1) is 5.92 Å². The van der Waals surface area contributed by atoms with E-state index >= 15 is 0 Å². The number of nitrogens with zero attached hydrogens (tertiary/aromatic N) is 4. The van der Waals surface area contributed by atoms with Crippen molar-refractivity contribution in [1.29, 1.82) is 0 Å². The fourth-order valence-corrected chi connectivity index (χ4v) is 1.51. The maximum absolute atomic E-state index is 5.79. The lowest BCUT2D eigenvalue weighted by Crippen LogP contribution is -2.17. The summed E-state index contributed by atoms with van der Waals surface area (Å²) < 4.78 is 1.84. The Labute approximate surface area is 91.0 Å². The molecule has 86 valence electrons. The Hall–Kier alpha value is -0.970. The van der Waals surface area contributed by atoms with Gasteiger partial charge in [-0.05, 0) is 43.0 Å². The maximum Gasteiger partial charge on any atom is 0.167 e. The summed E-state index contributed by atoms with van der Waals surface area (Å²) in [7, 11) is 0. The molecule has 0 saturated heterocycles. The highest BCUT2D eigenvalue weighted by molar-refractivity contribution is 4.89. The van der Waals surface area contributed by atoms with Gasteiger partial charge in [0.15, 0.2) is 5.82 Å². The van der Waals surface area contributed by atoms with Gasteiger partial charge in [-0.2, -0.15) is 0 Å². The fourth-order valence-electron chi connectivity index (χ4n) is 1.51. The van der Waals surface area contributed by atoms with Crippen molar-refractivity contribution in [2.24, 2.45) is 11.7 Å². The van der Waals surface area contributed by atoms with Crippen LogP contribution in [0.4, 0.5) is 0 Å². The molecule has 5 nitrogen and oxygen atoms in total. The molecule has 2 N–H and O–H groups in total. The van der Waals surface area contributed by atoms with Gasteiger partial charge in [-0.3, -0.25) is 0 Å². The highest BCUT2D eigenvalue weighted by Gasteiger charge is 2.15. The second-order valence-corrected chi connectivity index (χ2v) is 4.59. The Bertz CT molecular complexity index is 292. The van der Waals surface area contributed by atoms with E-state index in [4.69, 9.17) is 5.73 Å². The SMILES string of the molecule is CC(C)CCC(C)n1nnnc1C(C)N. The minimum atomic E-state index is -0.110. The van der Waals surface area contributed by atoms with E-state index in [1.165, 1.54) is 6.42 Å². The van der Waals surface area contributed by atoms with Crippen LogP contribution in [0.25, 0.3) is 0 Å². The first-order chi connectivity index (χ1) is 7.02. The van der Waals surface area contributed by atoms with Crippen molar-refractivity contribution in [3.05, 3.63) is 5.82 Å². The average molecular weight is 211 g/mol. The molecule has 0 aliphatic heterocycles. The zero-order chi connectivity index (χ0) is 11.4. The van der Waals surface area contributed by atoms with Crippen LogP contribution in [0.2, 0.25) is 0 Å². The first-order valence-corrected chi connectivity index (χ1v) is 5.55. The Morgan fingerprint density at radius 1 is 1.20 bits per heavy atom. The summed E-state index contributed by atoms with van der Waals surface area (Å²) in [6.45, 7) is 8.47. The van der Waals surface area contributed by atoms with Crippen LogP contribution in [-0.2, 0) is 0 Å². The lowest BCUT2D eigenvalue weighted by atomic mass is 10.0. The van der Waals surface area contributed by atoms with Gasteiger partial charge in [-0.1, -0.05) is 13.8 Å². The molecule has 2 unspecified atom stereocenters. The molecule has 0 saturated carbocycles. The molecule has 0 aliphatic rings. The van der Waals surface area contributed by atoms with Crippen LogP contribution in [-0.4, -0.2) is 20.2 Å². The maximum atomic E-state index is 5.79. The summed E-state index contributed by atoms with van der Waals surface area (Å²) in [5.41, 5.74) is 5.79. The van der Waals surface area contributed by atoms with Gasteiger partial charge >= 0.3 is 0 Å². The summed E-state index contributed by atoms with van der Waals surface area (Å²) in [6, 6.07) is 0.213. The number of hydrogen-bond donors (Lipinski definition) is 1. The third-order valence-electron chi connectivity index (χ3n) is 2.50. The van der Waals surface area contributed by atoms with E-state index in [0.29, 0.717) is 12.0 Å². The molecule has 0 aliphatic carbocycles. The predicted molar refractivity (Wildman–Crippen MR) is 59.2 cm³/mol. The van der Waals surface area contributed by atoms with E-state index in [-0.39, 0.29) is 6.04 Å². The van der Waals surface area contributed by atoms with Gasteiger partial charge in [0.1, 0.15) is 0 Å². The summed E-state index contributed by atoms with van der Waals surface area (Å²) in [4.78, 5) is 0. The number of tetrazole rings is 1. The lowest BCUT2D eigenvalue weighted by molar-refractivity contribution is 0.388. The zero-order valence-electron chi connectivity index (χ0n) is 10.0.